The Kier molecular flexibility index (Phi) is 3.76. The average molecular weight is 249 g/mol. The van der Waals surface area contributed by atoms with E-state index in [1.54, 1.807) is 12.1 Å². The van der Waals surface area contributed by atoms with Crippen LogP contribution < -0.4 is 10.6 Å². The third-order valence-corrected chi connectivity index (χ3v) is 2.79. The second kappa shape index (κ2) is 5.48. The van der Waals surface area contributed by atoms with Crippen LogP contribution in [0.15, 0.2) is 18.3 Å². The number of anilines is 1. The monoisotopic (exact) mass is 249 g/mol. The number of carbonyl (C=O) groups excluding carboxylic acids is 2. The van der Waals surface area contributed by atoms with Crippen LogP contribution >= 0.6 is 0 Å². The van der Waals surface area contributed by atoms with Gasteiger partial charge in [0.1, 0.15) is 11.9 Å². The molecule has 2 heterocycles. The number of aromatic nitrogens is 1. The highest BCUT2D eigenvalue weighted by atomic mass is 16.5. The summed E-state index contributed by atoms with van der Waals surface area (Å²) < 4.78 is 4.63. The second-order valence-corrected chi connectivity index (χ2v) is 4.05. The number of amides is 1. The maximum atomic E-state index is 11.6. The summed E-state index contributed by atoms with van der Waals surface area (Å²) in [6, 6.07) is 2.85. The van der Waals surface area contributed by atoms with Crippen molar-refractivity contribution in [1.82, 2.24) is 10.3 Å². The number of carbonyl (C=O) groups is 2. The maximum absolute atomic E-state index is 11.6. The van der Waals surface area contributed by atoms with Gasteiger partial charge in [-0.3, -0.25) is 4.79 Å². The van der Waals surface area contributed by atoms with E-state index in [0.29, 0.717) is 17.9 Å². The fourth-order valence-electron chi connectivity index (χ4n) is 1.84. The van der Waals surface area contributed by atoms with E-state index in [-0.39, 0.29) is 11.9 Å². The molecule has 1 aliphatic rings. The molecular weight excluding hydrogens is 234 g/mol. The van der Waals surface area contributed by atoms with Crippen molar-refractivity contribution in [2.45, 2.75) is 18.9 Å². The first kappa shape index (κ1) is 12.3. The van der Waals surface area contributed by atoms with Gasteiger partial charge in [0.25, 0.3) is 0 Å². The minimum atomic E-state index is -0.423. The molecule has 1 saturated heterocycles. The van der Waals surface area contributed by atoms with Crippen LogP contribution in [0, 0.1) is 0 Å². The summed E-state index contributed by atoms with van der Waals surface area (Å²) in [5.41, 5.74) is 0.409. The van der Waals surface area contributed by atoms with Gasteiger partial charge in [0.2, 0.25) is 5.91 Å². The molecule has 6 heteroatoms. The van der Waals surface area contributed by atoms with Gasteiger partial charge in [-0.25, -0.2) is 9.78 Å². The molecule has 1 unspecified atom stereocenters. The standard InChI is InChI=1S/C12H15N3O3/c1-18-12(17)8-4-6-13-10(7-8)15-9-3-2-5-14-11(9)16/h4,6-7,9H,2-3,5H2,1H3,(H,13,15)(H,14,16). The van der Waals surface area contributed by atoms with Crippen LogP contribution in [0.25, 0.3) is 0 Å². The Bertz CT molecular complexity index is 462. The minimum Gasteiger partial charge on any atom is -0.465 e. The molecule has 1 atom stereocenters. The summed E-state index contributed by atoms with van der Waals surface area (Å²) in [5, 5.41) is 5.80. The lowest BCUT2D eigenvalue weighted by Gasteiger charge is -2.23. The molecule has 2 rings (SSSR count). The zero-order chi connectivity index (χ0) is 13.0. The van der Waals surface area contributed by atoms with E-state index in [4.69, 9.17) is 0 Å². The van der Waals surface area contributed by atoms with E-state index in [0.717, 1.165) is 12.8 Å². The molecule has 1 aromatic rings. The van der Waals surface area contributed by atoms with Gasteiger partial charge >= 0.3 is 5.97 Å². The normalized spacial score (nSPS) is 18.9. The van der Waals surface area contributed by atoms with Crippen LogP contribution in [0.4, 0.5) is 5.82 Å². The molecular formula is C12H15N3O3. The van der Waals surface area contributed by atoms with Gasteiger partial charge in [-0.15, -0.1) is 0 Å². The molecule has 1 fully saturated rings. The van der Waals surface area contributed by atoms with E-state index in [9.17, 15) is 9.59 Å². The van der Waals surface area contributed by atoms with Crippen molar-refractivity contribution in [1.29, 1.82) is 0 Å². The van der Waals surface area contributed by atoms with E-state index >= 15 is 0 Å². The number of hydrogen-bond acceptors (Lipinski definition) is 5. The lowest BCUT2D eigenvalue weighted by Crippen LogP contribution is -2.44. The Morgan fingerprint density at radius 1 is 1.61 bits per heavy atom. The topological polar surface area (TPSA) is 80.3 Å². The number of nitrogens with zero attached hydrogens (tertiary/aromatic N) is 1. The van der Waals surface area contributed by atoms with Gasteiger partial charge in [-0.1, -0.05) is 0 Å². The van der Waals surface area contributed by atoms with Crippen molar-refractivity contribution in [3.8, 4) is 0 Å². The zero-order valence-electron chi connectivity index (χ0n) is 10.1. The quantitative estimate of drug-likeness (QED) is 0.765. The Morgan fingerprint density at radius 2 is 2.44 bits per heavy atom. The van der Waals surface area contributed by atoms with E-state index in [1.807, 2.05) is 0 Å². The number of esters is 1. The molecule has 1 amide bonds. The molecule has 0 bridgehead atoms. The van der Waals surface area contributed by atoms with Gasteiger partial charge in [0.15, 0.2) is 0 Å². The highest BCUT2D eigenvalue weighted by Crippen LogP contribution is 2.13. The summed E-state index contributed by atoms with van der Waals surface area (Å²) in [6.07, 6.45) is 3.20. The predicted octanol–water partition coefficient (Wildman–Crippen LogP) is 0.559. The lowest BCUT2D eigenvalue weighted by atomic mass is 10.1. The van der Waals surface area contributed by atoms with Crippen LogP contribution in [0.3, 0.4) is 0 Å². The predicted molar refractivity (Wildman–Crippen MR) is 65.2 cm³/mol. The van der Waals surface area contributed by atoms with Crippen LogP contribution in [-0.2, 0) is 9.53 Å². The number of hydrogen-bond donors (Lipinski definition) is 2. The summed E-state index contributed by atoms with van der Waals surface area (Å²) in [5.74, 6) is 0.0417. The van der Waals surface area contributed by atoms with Crippen molar-refractivity contribution >= 4 is 17.7 Å². The third-order valence-electron chi connectivity index (χ3n) is 2.79. The summed E-state index contributed by atoms with van der Waals surface area (Å²) in [7, 11) is 1.32. The smallest absolute Gasteiger partial charge is 0.338 e. The Balaban J connectivity index is 2.09. The van der Waals surface area contributed by atoms with E-state index < -0.39 is 5.97 Å². The Labute approximate surface area is 105 Å². The molecule has 0 aromatic carbocycles. The van der Waals surface area contributed by atoms with Gasteiger partial charge in [0, 0.05) is 12.7 Å². The number of methoxy groups -OCH3 is 1. The van der Waals surface area contributed by atoms with Crippen molar-refractivity contribution in [2.75, 3.05) is 19.0 Å². The summed E-state index contributed by atoms with van der Waals surface area (Å²) in [4.78, 5) is 27.0. The fourth-order valence-corrected chi connectivity index (χ4v) is 1.84. The second-order valence-electron chi connectivity index (χ2n) is 4.05. The SMILES string of the molecule is COC(=O)c1ccnc(NC2CCCNC2=O)c1. The van der Waals surface area contributed by atoms with Crippen LogP contribution in [-0.4, -0.2) is 36.6 Å². The lowest BCUT2D eigenvalue weighted by molar-refractivity contribution is -0.123. The van der Waals surface area contributed by atoms with Gasteiger partial charge in [0.05, 0.1) is 12.7 Å². The van der Waals surface area contributed by atoms with E-state index in [1.165, 1.54) is 13.3 Å². The summed E-state index contributed by atoms with van der Waals surface area (Å²) >= 11 is 0. The number of ether oxygens (including phenoxy) is 1. The Hall–Kier alpha value is -2.11. The first-order valence-corrected chi connectivity index (χ1v) is 5.79. The van der Waals surface area contributed by atoms with Crippen molar-refractivity contribution in [3.05, 3.63) is 23.9 Å². The summed E-state index contributed by atoms with van der Waals surface area (Å²) in [6.45, 7) is 0.715. The molecule has 0 saturated carbocycles. The molecule has 0 spiro atoms. The van der Waals surface area contributed by atoms with Crippen LogP contribution in [0.5, 0.6) is 0 Å². The first-order valence-electron chi connectivity index (χ1n) is 5.79. The first-order chi connectivity index (χ1) is 8.70. The maximum Gasteiger partial charge on any atom is 0.338 e. The zero-order valence-corrected chi connectivity index (χ0v) is 10.1. The van der Waals surface area contributed by atoms with Gasteiger partial charge in [-0.2, -0.15) is 0 Å². The molecule has 18 heavy (non-hydrogen) atoms. The molecule has 0 aliphatic carbocycles. The molecule has 1 aromatic heterocycles. The number of nitrogens with one attached hydrogen (secondary N) is 2. The number of piperidine rings is 1. The molecule has 0 radical (unpaired) electrons. The number of rotatable bonds is 3. The van der Waals surface area contributed by atoms with Gasteiger partial charge < -0.3 is 15.4 Å². The minimum absolute atomic E-state index is 0.0356. The van der Waals surface area contributed by atoms with E-state index in [2.05, 4.69) is 20.4 Å². The van der Waals surface area contributed by atoms with Gasteiger partial charge in [-0.05, 0) is 25.0 Å². The van der Waals surface area contributed by atoms with Crippen LogP contribution in [0.2, 0.25) is 0 Å². The molecule has 2 N–H and O–H groups in total. The van der Waals surface area contributed by atoms with Crippen molar-refractivity contribution in [3.63, 3.8) is 0 Å². The van der Waals surface area contributed by atoms with Crippen molar-refractivity contribution < 1.29 is 14.3 Å². The highest BCUT2D eigenvalue weighted by Gasteiger charge is 2.22. The average Bonchev–Trinajstić information content (AvgIpc) is 2.41. The third kappa shape index (κ3) is 2.77. The Morgan fingerprint density at radius 3 is 3.17 bits per heavy atom. The van der Waals surface area contributed by atoms with Crippen molar-refractivity contribution in [2.24, 2.45) is 0 Å². The molecule has 6 nitrogen and oxygen atoms in total. The largest absolute Gasteiger partial charge is 0.465 e. The van der Waals surface area contributed by atoms with Crippen LogP contribution in [0.1, 0.15) is 23.2 Å². The highest BCUT2D eigenvalue weighted by molar-refractivity contribution is 5.90. The number of pyridine rings is 1. The fraction of sp³-hybridized carbons (Fsp3) is 0.417. The molecule has 1 aliphatic heterocycles. The molecule has 96 valence electrons.